The van der Waals surface area contributed by atoms with E-state index in [1.807, 2.05) is 30.3 Å². The van der Waals surface area contributed by atoms with Gasteiger partial charge < -0.3 is 20.1 Å². The zero-order chi connectivity index (χ0) is 19.6. The number of nitrogens with one attached hydrogen (secondary N) is 2. The van der Waals surface area contributed by atoms with Gasteiger partial charge in [-0.15, -0.1) is 0 Å². The topological polar surface area (TPSA) is 72.5 Å². The molecular formula is C22H29N3O3. The predicted molar refractivity (Wildman–Crippen MR) is 110 cm³/mol. The highest BCUT2D eigenvalue weighted by molar-refractivity contribution is 5.94. The number of carbonyl (C=O) groups excluding carboxylic acids is 1. The van der Waals surface area contributed by atoms with E-state index in [0.717, 1.165) is 17.2 Å². The van der Waals surface area contributed by atoms with Gasteiger partial charge in [0.15, 0.2) is 0 Å². The Kier molecular flexibility index (Phi) is 7.53. The summed E-state index contributed by atoms with van der Waals surface area (Å²) < 4.78 is 10.7. The normalized spacial score (nSPS) is 14.8. The molecule has 0 radical (unpaired) electrons. The molecule has 1 aromatic heterocycles. The summed E-state index contributed by atoms with van der Waals surface area (Å²) in [4.78, 5) is 16.6. The Morgan fingerprint density at radius 2 is 1.79 bits per heavy atom. The molecule has 1 aliphatic rings. The van der Waals surface area contributed by atoms with Gasteiger partial charge in [0.1, 0.15) is 18.1 Å². The first-order valence-corrected chi connectivity index (χ1v) is 10.0. The number of pyridine rings is 1. The predicted octanol–water partition coefficient (Wildman–Crippen LogP) is 4.03. The number of benzene rings is 1. The third-order valence-electron chi connectivity index (χ3n) is 4.94. The summed E-state index contributed by atoms with van der Waals surface area (Å²) in [6.07, 6.45) is 10.9. The molecule has 2 aromatic rings. The molecule has 0 bridgehead atoms. The maximum atomic E-state index is 12.4. The maximum absolute atomic E-state index is 12.4. The monoisotopic (exact) mass is 383 g/mol. The van der Waals surface area contributed by atoms with E-state index in [1.165, 1.54) is 38.5 Å². The third kappa shape index (κ3) is 6.15. The molecule has 1 aromatic carbocycles. The summed E-state index contributed by atoms with van der Waals surface area (Å²) in [5.74, 6) is 1.38. The van der Waals surface area contributed by atoms with Crippen LogP contribution in [0.5, 0.6) is 11.5 Å². The first kappa shape index (κ1) is 20.0. The van der Waals surface area contributed by atoms with Crippen LogP contribution in [0.15, 0.2) is 42.7 Å². The van der Waals surface area contributed by atoms with E-state index in [4.69, 9.17) is 9.47 Å². The summed E-state index contributed by atoms with van der Waals surface area (Å²) in [5, 5.41) is 6.41. The van der Waals surface area contributed by atoms with Crippen molar-refractivity contribution in [1.82, 2.24) is 10.3 Å². The Bertz CT molecular complexity index is 741. The fourth-order valence-corrected chi connectivity index (χ4v) is 3.41. The van der Waals surface area contributed by atoms with Crippen LogP contribution in [0, 0.1) is 0 Å². The zero-order valence-electron chi connectivity index (χ0n) is 16.4. The molecule has 1 fully saturated rings. The number of hydrogen-bond donors (Lipinski definition) is 2. The quantitative estimate of drug-likeness (QED) is 0.532. The van der Waals surface area contributed by atoms with Gasteiger partial charge in [-0.2, -0.15) is 0 Å². The van der Waals surface area contributed by atoms with Crippen molar-refractivity contribution in [2.75, 3.05) is 25.6 Å². The third-order valence-corrected chi connectivity index (χ3v) is 4.94. The van der Waals surface area contributed by atoms with Gasteiger partial charge in [0.2, 0.25) is 0 Å². The maximum Gasteiger partial charge on any atom is 0.253 e. The minimum atomic E-state index is -0.143. The van der Waals surface area contributed by atoms with E-state index < -0.39 is 0 Å². The Morgan fingerprint density at radius 1 is 1.07 bits per heavy atom. The van der Waals surface area contributed by atoms with Crippen LogP contribution >= 0.6 is 0 Å². The number of aromatic nitrogens is 1. The molecule has 1 aliphatic carbocycles. The number of amides is 1. The lowest BCUT2D eigenvalue weighted by molar-refractivity contribution is 0.0946. The van der Waals surface area contributed by atoms with Crippen molar-refractivity contribution in [2.45, 2.75) is 44.6 Å². The number of rotatable bonds is 8. The van der Waals surface area contributed by atoms with E-state index in [1.54, 1.807) is 19.5 Å². The average molecular weight is 383 g/mol. The Hall–Kier alpha value is -2.76. The summed E-state index contributed by atoms with van der Waals surface area (Å²) in [5.41, 5.74) is 1.47. The highest BCUT2D eigenvalue weighted by Gasteiger charge is 2.13. The lowest BCUT2D eigenvalue weighted by Crippen LogP contribution is -2.28. The summed E-state index contributed by atoms with van der Waals surface area (Å²) in [7, 11) is 1.63. The van der Waals surface area contributed by atoms with Gasteiger partial charge in [0.25, 0.3) is 5.91 Å². The minimum Gasteiger partial charge on any atom is -0.497 e. The Morgan fingerprint density at radius 3 is 2.50 bits per heavy atom. The molecule has 6 nitrogen and oxygen atoms in total. The van der Waals surface area contributed by atoms with E-state index in [9.17, 15) is 4.79 Å². The van der Waals surface area contributed by atoms with Crippen LogP contribution in [0.2, 0.25) is 0 Å². The van der Waals surface area contributed by atoms with Crippen molar-refractivity contribution in [3.63, 3.8) is 0 Å². The molecule has 150 valence electrons. The van der Waals surface area contributed by atoms with E-state index in [-0.39, 0.29) is 5.91 Å². The summed E-state index contributed by atoms with van der Waals surface area (Å²) >= 11 is 0. The van der Waals surface area contributed by atoms with Gasteiger partial charge in [0.05, 0.1) is 24.9 Å². The summed E-state index contributed by atoms with van der Waals surface area (Å²) in [6.45, 7) is 0.816. The van der Waals surface area contributed by atoms with E-state index >= 15 is 0 Å². The SMILES string of the molecule is COc1ccc(OCCNC(=O)c2cncc(NC3CCCCCC3)c2)cc1. The Labute approximate surface area is 166 Å². The molecule has 0 atom stereocenters. The zero-order valence-corrected chi connectivity index (χ0v) is 16.4. The standard InChI is InChI=1S/C22H29N3O3/c1-27-20-8-10-21(11-9-20)28-13-12-24-22(26)17-14-19(16-23-15-17)25-18-6-4-2-3-5-7-18/h8-11,14-16,18,25H,2-7,12-13H2,1H3,(H,24,26). The number of hydrogen-bond acceptors (Lipinski definition) is 5. The molecule has 0 spiro atoms. The number of methoxy groups -OCH3 is 1. The molecule has 1 saturated carbocycles. The van der Waals surface area contributed by atoms with Crippen LogP contribution in [0.1, 0.15) is 48.9 Å². The second kappa shape index (κ2) is 10.5. The molecule has 2 N–H and O–H groups in total. The molecule has 3 rings (SSSR count). The van der Waals surface area contributed by atoms with Crippen molar-refractivity contribution in [1.29, 1.82) is 0 Å². The first-order chi connectivity index (χ1) is 13.7. The molecule has 1 amide bonds. The lowest BCUT2D eigenvalue weighted by Gasteiger charge is -2.17. The van der Waals surface area contributed by atoms with Gasteiger partial charge in [-0.05, 0) is 43.2 Å². The summed E-state index contributed by atoms with van der Waals surface area (Å²) in [6, 6.07) is 9.71. The van der Waals surface area contributed by atoms with Gasteiger partial charge in [-0.1, -0.05) is 25.7 Å². The molecule has 1 heterocycles. The van der Waals surface area contributed by atoms with Crippen molar-refractivity contribution in [3.05, 3.63) is 48.3 Å². The molecule has 0 aliphatic heterocycles. The number of anilines is 1. The molecule has 0 unspecified atom stereocenters. The number of ether oxygens (including phenoxy) is 2. The first-order valence-electron chi connectivity index (χ1n) is 10.0. The lowest BCUT2D eigenvalue weighted by atomic mass is 10.1. The van der Waals surface area contributed by atoms with Crippen molar-refractivity contribution >= 4 is 11.6 Å². The van der Waals surface area contributed by atoms with Crippen molar-refractivity contribution in [2.24, 2.45) is 0 Å². The van der Waals surface area contributed by atoms with Gasteiger partial charge in [-0.25, -0.2) is 0 Å². The fourth-order valence-electron chi connectivity index (χ4n) is 3.41. The van der Waals surface area contributed by atoms with Crippen LogP contribution < -0.4 is 20.1 Å². The highest BCUT2D eigenvalue weighted by atomic mass is 16.5. The molecule has 28 heavy (non-hydrogen) atoms. The number of carbonyl (C=O) groups is 1. The second-order valence-corrected chi connectivity index (χ2v) is 7.08. The molecule has 6 heteroatoms. The number of nitrogens with zero attached hydrogens (tertiary/aromatic N) is 1. The van der Waals surface area contributed by atoms with Crippen molar-refractivity contribution in [3.8, 4) is 11.5 Å². The van der Waals surface area contributed by atoms with Crippen LogP contribution in [0.4, 0.5) is 5.69 Å². The average Bonchev–Trinajstić information content (AvgIpc) is 3.00. The fraction of sp³-hybridized carbons (Fsp3) is 0.455. The highest BCUT2D eigenvalue weighted by Crippen LogP contribution is 2.21. The van der Waals surface area contributed by atoms with Gasteiger partial charge in [-0.3, -0.25) is 9.78 Å². The molecule has 0 saturated heterocycles. The van der Waals surface area contributed by atoms with Crippen LogP contribution in [0.25, 0.3) is 0 Å². The smallest absolute Gasteiger partial charge is 0.253 e. The largest absolute Gasteiger partial charge is 0.497 e. The van der Waals surface area contributed by atoms with Crippen LogP contribution in [-0.2, 0) is 0 Å². The second-order valence-electron chi connectivity index (χ2n) is 7.08. The van der Waals surface area contributed by atoms with E-state index in [0.29, 0.717) is 24.8 Å². The van der Waals surface area contributed by atoms with Crippen LogP contribution in [-0.4, -0.2) is 37.2 Å². The van der Waals surface area contributed by atoms with Crippen LogP contribution in [0.3, 0.4) is 0 Å². The van der Waals surface area contributed by atoms with Crippen molar-refractivity contribution < 1.29 is 14.3 Å². The van der Waals surface area contributed by atoms with Gasteiger partial charge in [0, 0.05) is 18.4 Å². The molecular weight excluding hydrogens is 354 g/mol. The van der Waals surface area contributed by atoms with E-state index in [2.05, 4.69) is 15.6 Å². The van der Waals surface area contributed by atoms with Gasteiger partial charge >= 0.3 is 0 Å². The Balaban J connectivity index is 1.44. The minimum absolute atomic E-state index is 0.143.